The summed E-state index contributed by atoms with van der Waals surface area (Å²) in [4.78, 5) is 38.4. The van der Waals surface area contributed by atoms with Gasteiger partial charge in [0.15, 0.2) is 12.6 Å². The van der Waals surface area contributed by atoms with Gasteiger partial charge in [-0.1, -0.05) is 166 Å². The molecule has 14 N–H and O–H groups in total. The number of carbonyl (C=O) groups is 3. The van der Waals surface area contributed by atoms with Gasteiger partial charge in [-0.05, 0) is 44.9 Å². The van der Waals surface area contributed by atoms with E-state index in [1.807, 2.05) is 6.08 Å². The van der Waals surface area contributed by atoms with E-state index in [0.717, 1.165) is 77.6 Å². The molecule has 0 aliphatic carbocycles. The maximum Gasteiger partial charge on any atom is 0.364 e. The minimum absolute atomic E-state index is 0.198. The number of allylic oxidation sites excluding steroid dienone is 5. The summed E-state index contributed by atoms with van der Waals surface area (Å²) < 4.78 is 34.6. The highest BCUT2D eigenvalue weighted by atomic mass is 16.8. The van der Waals surface area contributed by atoms with Crippen LogP contribution in [0.5, 0.6) is 0 Å². The Hall–Kier alpha value is -3.05. The first-order chi connectivity index (χ1) is 40.4. The van der Waals surface area contributed by atoms with Crippen molar-refractivity contribution in [2.24, 2.45) is 0 Å². The van der Waals surface area contributed by atoms with Crippen LogP contribution >= 0.6 is 0 Å². The lowest BCUT2D eigenvalue weighted by Gasteiger charge is -2.50. The number of nitrogens with one attached hydrogen (secondary N) is 2. The third-order valence-electron chi connectivity index (χ3n) is 15.8. The first-order valence-electron chi connectivity index (χ1n) is 31.4. The monoisotopic (exact) mass is 1200 g/mol. The van der Waals surface area contributed by atoms with E-state index in [-0.39, 0.29) is 12.3 Å². The lowest BCUT2D eigenvalue weighted by Crippen LogP contribution is -2.70. The zero-order valence-corrected chi connectivity index (χ0v) is 50.2. The molecule has 0 radical (unpaired) electrons. The van der Waals surface area contributed by atoms with E-state index in [1.165, 1.54) is 77.0 Å². The van der Waals surface area contributed by atoms with Crippen molar-refractivity contribution in [2.45, 2.75) is 304 Å². The van der Waals surface area contributed by atoms with Crippen LogP contribution in [-0.2, 0) is 42.8 Å². The van der Waals surface area contributed by atoms with Gasteiger partial charge in [0.05, 0.1) is 50.7 Å². The van der Waals surface area contributed by atoms with Crippen molar-refractivity contribution >= 4 is 17.8 Å². The number of aliphatic hydroxyl groups excluding tert-OH is 11. The van der Waals surface area contributed by atoms with E-state index in [1.54, 1.807) is 6.08 Å². The molecule has 3 saturated heterocycles. The fourth-order valence-corrected chi connectivity index (χ4v) is 10.8. The van der Waals surface area contributed by atoms with Crippen LogP contribution in [0.15, 0.2) is 36.5 Å². The fourth-order valence-electron chi connectivity index (χ4n) is 10.8. The van der Waals surface area contributed by atoms with Gasteiger partial charge in [-0.3, -0.25) is 9.59 Å². The molecule has 3 aliphatic heterocycles. The summed E-state index contributed by atoms with van der Waals surface area (Å²) >= 11 is 0. The second kappa shape index (κ2) is 42.8. The zero-order valence-electron chi connectivity index (χ0n) is 50.2. The number of amides is 2. The molecule has 23 heteroatoms. The highest BCUT2D eigenvalue weighted by Crippen LogP contribution is 2.38. The summed E-state index contributed by atoms with van der Waals surface area (Å²) in [7, 11) is 0. The van der Waals surface area contributed by atoms with Crippen molar-refractivity contribution in [1.82, 2.24) is 10.6 Å². The molecule has 488 valence electrons. The lowest BCUT2D eigenvalue weighted by atomic mass is 9.88. The summed E-state index contributed by atoms with van der Waals surface area (Å²) in [5.41, 5.74) is 0. The molecule has 84 heavy (non-hydrogen) atoms. The van der Waals surface area contributed by atoms with E-state index >= 15 is 0 Å². The standard InChI is InChI=1S/C61H108N2O21/c1-4-6-8-10-12-14-15-16-17-18-19-20-21-22-23-24-25-27-29-31-33-35-48(71)63-42(43(68)34-32-30-28-26-13-11-9-7-5-2)40-79-58-53(75)52(74)55(47(39-66)81-58)82-59-54(76)57(51(73)46(38-65)80-59)84-61(60(77)78)36-44(69)49(62-41(3)67)56(83-61)50(72)45(70)37-64/h6,8,12,14,32,34,42-47,49-59,64-66,68-70,72-76H,4-5,7,9-11,13,15-31,33,35-40H2,1-3H3,(H,62,67)(H,63,71)(H,77,78)/b8-6-,14-12-,34-32+. The average molecular weight is 1210 g/mol. The van der Waals surface area contributed by atoms with Crippen molar-refractivity contribution < 1.29 is 104 Å². The van der Waals surface area contributed by atoms with Gasteiger partial charge in [-0.15, -0.1) is 0 Å². The number of hydrogen-bond donors (Lipinski definition) is 14. The Labute approximate surface area is 497 Å². The first kappa shape index (κ1) is 75.2. The van der Waals surface area contributed by atoms with Crippen LogP contribution in [0.4, 0.5) is 0 Å². The maximum atomic E-state index is 13.4. The fraction of sp³-hybridized carbons (Fsp3) is 0.852. The Morgan fingerprint density at radius 3 is 1.74 bits per heavy atom. The number of aliphatic carboxylic acids is 1. The van der Waals surface area contributed by atoms with Gasteiger partial charge in [0.1, 0.15) is 67.1 Å². The first-order valence-corrected chi connectivity index (χ1v) is 31.4. The summed E-state index contributed by atoms with van der Waals surface area (Å²) in [6.45, 7) is 1.96. The minimum atomic E-state index is -3.08. The van der Waals surface area contributed by atoms with Gasteiger partial charge in [0.2, 0.25) is 11.8 Å². The van der Waals surface area contributed by atoms with Crippen LogP contribution in [0.2, 0.25) is 0 Å². The van der Waals surface area contributed by atoms with Gasteiger partial charge in [0.25, 0.3) is 5.79 Å². The quantitative estimate of drug-likeness (QED) is 0.0306. The summed E-state index contributed by atoms with van der Waals surface area (Å²) in [5, 5.41) is 135. The third-order valence-corrected chi connectivity index (χ3v) is 15.8. The average Bonchev–Trinajstić information content (AvgIpc) is 1.31. The smallest absolute Gasteiger partial charge is 0.364 e. The Morgan fingerprint density at radius 2 is 1.19 bits per heavy atom. The number of unbranched alkanes of at least 4 members (excludes halogenated alkanes) is 21. The van der Waals surface area contributed by atoms with Crippen molar-refractivity contribution in [3.8, 4) is 0 Å². The molecule has 3 fully saturated rings. The van der Waals surface area contributed by atoms with E-state index in [4.69, 9.17) is 28.4 Å². The van der Waals surface area contributed by atoms with Gasteiger partial charge >= 0.3 is 5.97 Å². The van der Waals surface area contributed by atoms with Crippen molar-refractivity contribution in [2.75, 3.05) is 26.4 Å². The summed E-state index contributed by atoms with van der Waals surface area (Å²) in [6, 6.07) is -2.62. The molecular weight excluding hydrogens is 1100 g/mol. The highest BCUT2D eigenvalue weighted by molar-refractivity contribution is 5.77. The predicted molar refractivity (Wildman–Crippen MR) is 311 cm³/mol. The van der Waals surface area contributed by atoms with Gasteiger partial charge in [-0.25, -0.2) is 4.79 Å². The summed E-state index contributed by atoms with van der Waals surface area (Å²) in [6.07, 6.45) is 10.9. The number of hydrogen-bond acceptors (Lipinski definition) is 20. The van der Waals surface area contributed by atoms with E-state index < -0.39 is 155 Å². The Morgan fingerprint density at radius 1 is 0.643 bits per heavy atom. The molecule has 3 aliphatic rings. The number of rotatable bonds is 45. The topological polar surface area (TPSA) is 373 Å². The molecule has 3 heterocycles. The number of carbonyl (C=O) groups excluding carboxylic acids is 2. The molecule has 0 spiro atoms. The molecule has 0 bridgehead atoms. The van der Waals surface area contributed by atoms with Gasteiger partial charge in [-0.2, -0.15) is 0 Å². The van der Waals surface area contributed by atoms with Gasteiger partial charge < -0.3 is 100 Å². The molecular formula is C61H108N2O21. The van der Waals surface area contributed by atoms with E-state index in [0.29, 0.717) is 12.8 Å². The second-order valence-electron chi connectivity index (χ2n) is 22.9. The van der Waals surface area contributed by atoms with Gasteiger partial charge in [0, 0.05) is 19.8 Å². The largest absolute Gasteiger partial charge is 0.477 e. The lowest BCUT2D eigenvalue weighted by molar-refractivity contribution is -0.386. The Kier molecular flexibility index (Phi) is 38.3. The minimum Gasteiger partial charge on any atom is -0.477 e. The molecule has 18 atom stereocenters. The second-order valence-corrected chi connectivity index (χ2v) is 22.9. The van der Waals surface area contributed by atoms with Crippen LogP contribution in [-0.4, -0.2) is 215 Å². The molecule has 0 aromatic heterocycles. The molecule has 0 aromatic rings. The molecule has 2 amide bonds. The molecule has 18 unspecified atom stereocenters. The van der Waals surface area contributed by atoms with Crippen LogP contribution in [0.3, 0.4) is 0 Å². The van der Waals surface area contributed by atoms with Crippen molar-refractivity contribution in [3.05, 3.63) is 36.5 Å². The number of carboxylic acid groups (broad SMARTS) is 1. The van der Waals surface area contributed by atoms with Crippen LogP contribution < -0.4 is 10.6 Å². The van der Waals surface area contributed by atoms with Crippen LogP contribution in [0, 0.1) is 0 Å². The number of carboxylic acids is 1. The molecule has 0 saturated carbocycles. The van der Waals surface area contributed by atoms with E-state index in [9.17, 15) is 75.7 Å². The van der Waals surface area contributed by atoms with Crippen LogP contribution in [0.25, 0.3) is 0 Å². The SMILES string of the molecule is CC/C=C\C/C=C\CCCCCCCCCCCCCCCCC(=O)NC(COC1OC(CO)C(OC2OC(CO)C(O)C(OC3(C(=O)O)CC(O)C(NC(C)=O)C(C(O)C(O)CO)O3)C2O)C(O)C1O)C(O)/C=C/CCCCCCCCC. The number of aliphatic hydroxyl groups is 11. The van der Waals surface area contributed by atoms with E-state index in [2.05, 4.69) is 48.8 Å². The zero-order chi connectivity index (χ0) is 61.9. The van der Waals surface area contributed by atoms with Crippen molar-refractivity contribution in [1.29, 1.82) is 0 Å². The third kappa shape index (κ3) is 26.3. The molecule has 3 rings (SSSR count). The van der Waals surface area contributed by atoms with Crippen LogP contribution in [0.1, 0.15) is 194 Å². The Bertz CT molecular complexity index is 1860. The highest BCUT2D eigenvalue weighted by Gasteiger charge is 2.60. The number of ether oxygens (including phenoxy) is 6. The molecule has 0 aromatic carbocycles. The Balaban J connectivity index is 1.60. The maximum absolute atomic E-state index is 13.4. The predicted octanol–water partition coefficient (Wildman–Crippen LogP) is 3.50. The summed E-state index contributed by atoms with van der Waals surface area (Å²) in [5.74, 6) is -6.15. The molecule has 23 nitrogen and oxygen atoms in total. The van der Waals surface area contributed by atoms with Crippen molar-refractivity contribution in [3.63, 3.8) is 0 Å². The normalized spacial score (nSPS) is 30.0.